The summed E-state index contributed by atoms with van der Waals surface area (Å²) in [6.45, 7) is 0.545. The Morgan fingerprint density at radius 1 is 1.07 bits per heavy atom. The average Bonchev–Trinajstić information content (AvgIpc) is 3.08. The zero-order chi connectivity index (χ0) is 19.7. The van der Waals surface area contributed by atoms with E-state index < -0.39 is 15.9 Å². The van der Waals surface area contributed by atoms with Crippen LogP contribution in [0.25, 0.3) is 11.0 Å². The highest BCUT2D eigenvalue weighted by Crippen LogP contribution is 2.25. The van der Waals surface area contributed by atoms with E-state index in [-0.39, 0.29) is 23.0 Å². The number of rotatable bonds is 4. The highest BCUT2D eigenvalue weighted by Gasteiger charge is 2.33. The minimum atomic E-state index is -3.62. The number of aromatic nitrogens is 2. The summed E-state index contributed by atoms with van der Waals surface area (Å²) < 4.78 is 27.0. The maximum atomic E-state index is 12.8. The molecule has 8 nitrogen and oxygen atoms in total. The van der Waals surface area contributed by atoms with Gasteiger partial charge in [-0.05, 0) is 43.2 Å². The van der Waals surface area contributed by atoms with Gasteiger partial charge in [-0.2, -0.15) is 4.31 Å². The van der Waals surface area contributed by atoms with E-state index in [4.69, 9.17) is 0 Å². The van der Waals surface area contributed by atoms with Crippen molar-refractivity contribution in [3.63, 3.8) is 0 Å². The summed E-state index contributed by atoms with van der Waals surface area (Å²) in [5.74, 6) is -0.668. The molecule has 0 aliphatic carbocycles. The molecule has 1 amide bonds. The minimum absolute atomic E-state index is 0.145. The number of hydrogen-bond donors (Lipinski definition) is 3. The largest absolute Gasteiger partial charge is 0.326 e. The third-order valence-electron chi connectivity index (χ3n) is 4.92. The number of nitrogens with zero attached hydrogens (tertiary/aromatic N) is 1. The highest BCUT2D eigenvalue weighted by molar-refractivity contribution is 7.89. The van der Waals surface area contributed by atoms with Crippen LogP contribution in [0.2, 0.25) is 0 Å². The van der Waals surface area contributed by atoms with Crippen molar-refractivity contribution in [2.75, 3.05) is 18.4 Å². The molecule has 0 saturated carbocycles. The number of fused-ring (bicyclic) bond motifs is 1. The Labute approximate surface area is 161 Å². The molecule has 1 aromatic heterocycles. The molecule has 3 N–H and O–H groups in total. The lowest BCUT2D eigenvalue weighted by Crippen LogP contribution is -2.43. The monoisotopic (exact) mass is 400 g/mol. The molecule has 1 aliphatic rings. The summed E-state index contributed by atoms with van der Waals surface area (Å²) >= 11 is 0. The number of nitrogens with one attached hydrogen (secondary N) is 3. The van der Waals surface area contributed by atoms with Gasteiger partial charge < -0.3 is 15.3 Å². The Hall–Kier alpha value is -2.91. The molecule has 1 fully saturated rings. The summed E-state index contributed by atoms with van der Waals surface area (Å²) in [6, 6.07) is 13.3. The Morgan fingerprint density at radius 3 is 2.61 bits per heavy atom. The molecular weight excluding hydrogens is 380 g/mol. The molecule has 0 bridgehead atoms. The van der Waals surface area contributed by atoms with Crippen molar-refractivity contribution in [3.8, 4) is 0 Å². The van der Waals surface area contributed by atoms with Gasteiger partial charge in [0, 0.05) is 18.8 Å². The van der Waals surface area contributed by atoms with Crippen LogP contribution < -0.4 is 11.0 Å². The van der Waals surface area contributed by atoms with E-state index in [0.29, 0.717) is 36.1 Å². The van der Waals surface area contributed by atoms with Crippen molar-refractivity contribution < 1.29 is 13.2 Å². The van der Waals surface area contributed by atoms with Gasteiger partial charge in [0.1, 0.15) is 0 Å². The number of anilines is 1. The van der Waals surface area contributed by atoms with Gasteiger partial charge in [-0.15, -0.1) is 0 Å². The fourth-order valence-electron chi connectivity index (χ4n) is 3.47. The fraction of sp³-hybridized carbons (Fsp3) is 0.263. The van der Waals surface area contributed by atoms with Crippen molar-refractivity contribution in [3.05, 3.63) is 59.0 Å². The number of amides is 1. The predicted octanol–water partition coefficient (Wildman–Crippen LogP) is 1.90. The summed E-state index contributed by atoms with van der Waals surface area (Å²) in [7, 11) is -3.62. The molecule has 2 aromatic carbocycles. The minimum Gasteiger partial charge on any atom is -0.326 e. The Morgan fingerprint density at radius 2 is 1.82 bits per heavy atom. The van der Waals surface area contributed by atoms with E-state index >= 15 is 0 Å². The number of H-pyrrole nitrogens is 2. The van der Waals surface area contributed by atoms with Gasteiger partial charge in [0.25, 0.3) is 0 Å². The quantitative estimate of drug-likeness (QED) is 0.620. The van der Waals surface area contributed by atoms with E-state index in [1.165, 1.54) is 4.31 Å². The standard InChI is InChI=1S/C19H20N4O4S/c24-18(20-14-8-9-16-17(11-14)22-19(25)21-16)13-5-4-10-23(12-13)28(26,27)15-6-2-1-3-7-15/h1-3,6-9,11,13H,4-5,10,12H2,(H,20,24)(H2,21,22,25). The predicted molar refractivity (Wildman–Crippen MR) is 105 cm³/mol. The van der Waals surface area contributed by atoms with E-state index in [0.717, 1.165) is 0 Å². The second-order valence-electron chi connectivity index (χ2n) is 6.84. The van der Waals surface area contributed by atoms with Crippen molar-refractivity contribution >= 4 is 32.7 Å². The lowest BCUT2D eigenvalue weighted by molar-refractivity contribution is -0.120. The zero-order valence-corrected chi connectivity index (χ0v) is 15.8. The van der Waals surface area contributed by atoms with Gasteiger partial charge in [0.15, 0.2) is 0 Å². The lowest BCUT2D eigenvalue weighted by atomic mass is 9.98. The molecule has 146 valence electrons. The van der Waals surface area contributed by atoms with E-state index in [9.17, 15) is 18.0 Å². The third-order valence-corrected chi connectivity index (χ3v) is 6.80. The van der Waals surface area contributed by atoms with Gasteiger partial charge in [0.2, 0.25) is 15.9 Å². The molecule has 3 aromatic rings. The fourth-order valence-corrected chi connectivity index (χ4v) is 5.02. The van der Waals surface area contributed by atoms with Gasteiger partial charge >= 0.3 is 5.69 Å². The number of carbonyl (C=O) groups excluding carboxylic acids is 1. The van der Waals surface area contributed by atoms with Gasteiger partial charge in [0.05, 0.1) is 21.8 Å². The normalized spacial score (nSPS) is 18.2. The molecule has 0 radical (unpaired) electrons. The van der Waals surface area contributed by atoms with Gasteiger partial charge in [-0.3, -0.25) is 4.79 Å². The number of hydrogen-bond acceptors (Lipinski definition) is 4. The summed E-state index contributed by atoms with van der Waals surface area (Å²) in [5, 5.41) is 2.83. The first-order chi connectivity index (χ1) is 13.4. The summed E-state index contributed by atoms with van der Waals surface area (Å²) in [6.07, 6.45) is 1.24. The molecule has 1 aliphatic heterocycles. The average molecular weight is 400 g/mol. The van der Waals surface area contributed by atoms with Crippen LogP contribution >= 0.6 is 0 Å². The Balaban J connectivity index is 1.49. The zero-order valence-electron chi connectivity index (χ0n) is 15.0. The number of piperidine rings is 1. The Kier molecular flexibility index (Phi) is 4.78. The molecule has 28 heavy (non-hydrogen) atoms. The van der Waals surface area contributed by atoms with Crippen LogP contribution in [0.3, 0.4) is 0 Å². The van der Waals surface area contributed by atoms with Crippen molar-refractivity contribution in [2.24, 2.45) is 5.92 Å². The number of imidazole rings is 1. The van der Waals surface area contributed by atoms with E-state index in [2.05, 4.69) is 15.3 Å². The van der Waals surface area contributed by atoms with Crippen LogP contribution in [0.4, 0.5) is 5.69 Å². The van der Waals surface area contributed by atoms with Crippen LogP contribution in [0.5, 0.6) is 0 Å². The number of sulfonamides is 1. The van der Waals surface area contributed by atoms with Crippen LogP contribution in [-0.4, -0.2) is 41.7 Å². The molecule has 4 rings (SSSR count). The van der Waals surface area contributed by atoms with Crippen LogP contribution in [0.15, 0.2) is 58.2 Å². The Bertz CT molecular complexity index is 1170. The summed E-state index contributed by atoms with van der Waals surface area (Å²) in [4.78, 5) is 29.6. The van der Waals surface area contributed by atoms with Crippen molar-refractivity contribution in [2.45, 2.75) is 17.7 Å². The SMILES string of the molecule is O=C(Nc1ccc2[nH]c(=O)[nH]c2c1)C1CCCN(S(=O)(=O)c2ccccc2)C1. The first-order valence-electron chi connectivity index (χ1n) is 9.01. The number of benzene rings is 2. The van der Waals surface area contributed by atoms with Crippen LogP contribution in [0, 0.1) is 5.92 Å². The molecule has 1 atom stereocenters. The van der Waals surface area contributed by atoms with E-state index in [1.54, 1.807) is 48.5 Å². The topological polar surface area (TPSA) is 115 Å². The number of carbonyl (C=O) groups is 1. The smallest absolute Gasteiger partial charge is 0.323 e. The van der Waals surface area contributed by atoms with Gasteiger partial charge in [-0.25, -0.2) is 13.2 Å². The molecular formula is C19H20N4O4S. The lowest BCUT2D eigenvalue weighted by Gasteiger charge is -2.31. The molecule has 1 saturated heterocycles. The first-order valence-corrected chi connectivity index (χ1v) is 10.5. The number of aromatic amines is 2. The van der Waals surface area contributed by atoms with Crippen LogP contribution in [-0.2, 0) is 14.8 Å². The van der Waals surface area contributed by atoms with Crippen molar-refractivity contribution in [1.82, 2.24) is 14.3 Å². The van der Waals surface area contributed by atoms with E-state index in [1.807, 2.05) is 0 Å². The molecule has 1 unspecified atom stereocenters. The second-order valence-corrected chi connectivity index (χ2v) is 8.78. The highest BCUT2D eigenvalue weighted by atomic mass is 32.2. The van der Waals surface area contributed by atoms with Gasteiger partial charge in [-0.1, -0.05) is 18.2 Å². The first kappa shape index (κ1) is 18.5. The van der Waals surface area contributed by atoms with Crippen molar-refractivity contribution in [1.29, 1.82) is 0 Å². The molecule has 2 heterocycles. The summed E-state index contributed by atoms with van der Waals surface area (Å²) in [5.41, 5.74) is 1.49. The maximum Gasteiger partial charge on any atom is 0.323 e. The molecule has 9 heteroatoms. The third kappa shape index (κ3) is 3.58. The van der Waals surface area contributed by atoms with Crippen LogP contribution in [0.1, 0.15) is 12.8 Å². The molecule has 0 spiro atoms. The second kappa shape index (κ2) is 7.25. The maximum absolute atomic E-state index is 12.8.